The van der Waals surface area contributed by atoms with E-state index in [1.54, 1.807) is 52.1 Å². The Morgan fingerprint density at radius 1 is 1.10 bits per heavy atom. The Morgan fingerprint density at radius 2 is 1.85 bits per heavy atom. The Hall–Kier alpha value is -4.46. The van der Waals surface area contributed by atoms with Crippen LogP contribution in [0, 0.1) is 18.2 Å². The summed E-state index contributed by atoms with van der Waals surface area (Å²) in [6, 6.07) is 14.4. The van der Waals surface area contributed by atoms with E-state index in [1.807, 2.05) is 26.0 Å². The Kier molecular flexibility index (Phi) is 7.58. The number of rotatable bonds is 7. The summed E-state index contributed by atoms with van der Waals surface area (Å²) in [7, 11) is 1.76. The number of halogens is 1. The lowest BCUT2D eigenvalue weighted by molar-refractivity contribution is 0.00659. The van der Waals surface area contributed by atoms with Crippen LogP contribution in [0.25, 0.3) is 22.3 Å². The molecule has 0 saturated heterocycles. The molecule has 202 valence electrons. The lowest BCUT2D eigenvalue weighted by Crippen LogP contribution is -2.25. The third kappa shape index (κ3) is 5.85. The van der Waals surface area contributed by atoms with Crippen molar-refractivity contribution in [2.45, 2.75) is 46.3 Å². The number of hydrogen-bond acceptors (Lipinski definition) is 7. The zero-order valence-corrected chi connectivity index (χ0v) is 22.9. The summed E-state index contributed by atoms with van der Waals surface area (Å²) in [5.41, 5.74) is 3.10. The van der Waals surface area contributed by atoms with Crippen molar-refractivity contribution >= 4 is 34.5 Å². The topological polar surface area (TPSA) is 104 Å². The second-order valence-corrected chi connectivity index (χ2v) is 10.4. The van der Waals surface area contributed by atoms with Gasteiger partial charge in [-0.15, -0.1) is 0 Å². The van der Waals surface area contributed by atoms with Crippen LogP contribution in [0.2, 0.25) is 0 Å². The molecule has 1 aromatic heterocycles. The monoisotopic (exact) mass is 529 g/mol. The first kappa shape index (κ1) is 27.6. The molecular formula is C31H32FN3O4. The highest BCUT2D eigenvalue weighted by molar-refractivity contribution is 5.96. The lowest BCUT2D eigenvalue weighted by Gasteiger charge is -2.23. The third-order valence-corrected chi connectivity index (χ3v) is 6.22. The summed E-state index contributed by atoms with van der Waals surface area (Å²) >= 11 is 0. The molecule has 3 aromatic carbocycles. The van der Waals surface area contributed by atoms with E-state index in [2.05, 4.69) is 10.6 Å². The molecule has 3 N–H and O–H groups in total. The first-order chi connectivity index (χ1) is 18.4. The maximum absolute atomic E-state index is 14.8. The smallest absolute Gasteiger partial charge is 0.343 e. The number of fused-ring (bicyclic) bond motifs is 1. The summed E-state index contributed by atoms with van der Waals surface area (Å²) < 4.78 is 26.6. The first-order valence-electron chi connectivity index (χ1n) is 12.6. The van der Waals surface area contributed by atoms with Crippen LogP contribution in [-0.2, 0) is 4.74 Å². The van der Waals surface area contributed by atoms with Crippen molar-refractivity contribution in [3.8, 4) is 11.3 Å². The highest BCUT2D eigenvalue weighted by atomic mass is 19.1. The van der Waals surface area contributed by atoms with E-state index >= 15 is 0 Å². The summed E-state index contributed by atoms with van der Waals surface area (Å²) in [6.07, 6.45) is 1.25. The van der Waals surface area contributed by atoms with Crippen LogP contribution in [0.1, 0.15) is 60.8 Å². The van der Waals surface area contributed by atoms with Gasteiger partial charge in [-0.25, -0.2) is 9.18 Å². The molecule has 0 fully saturated rings. The standard InChI is InChI=1S/C31H32FN3O4/c1-17-12-21(18(2)35-24-9-7-8-23(32)28(24)30(37)39-31(3,4)5)29-22(13-17)26(36)15-27(38-29)19-10-11-20(16-33)25(14-19)34-6/h7-16,18,33-35H,1-6H3. The zero-order valence-electron chi connectivity index (χ0n) is 22.9. The van der Waals surface area contributed by atoms with Gasteiger partial charge in [-0.3, -0.25) is 4.79 Å². The average Bonchev–Trinajstić information content (AvgIpc) is 2.87. The second-order valence-electron chi connectivity index (χ2n) is 10.4. The summed E-state index contributed by atoms with van der Waals surface area (Å²) in [6.45, 7) is 8.89. The second kappa shape index (κ2) is 10.7. The number of ether oxygens (including phenoxy) is 1. The third-order valence-electron chi connectivity index (χ3n) is 6.22. The molecule has 0 saturated carbocycles. The van der Waals surface area contributed by atoms with Crippen LogP contribution in [0.15, 0.2) is 63.8 Å². The molecule has 39 heavy (non-hydrogen) atoms. The molecule has 0 aliphatic rings. The highest BCUT2D eigenvalue weighted by Gasteiger charge is 2.25. The molecule has 1 unspecified atom stereocenters. The molecule has 0 aliphatic heterocycles. The fraction of sp³-hybridized carbons (Fsp3) is 0.258. The Morgan fingerprint density at radius 3 is 2.51 bits per heavy atom. The van der Waals surface area contributed by atoms with Crippen LogP contribution < -0.4 is 16.1 Å². The van der Waals surface area contributed by atoms with Gasteiger partial charge in [0.2, 0.25) is 0 Å². The summed E-state index contributed by atoms with van der Waals surface area (Å²) in [5.74, 6) is -1.09. The Labute approximate surface area is 226 Å². The van der Waals surface area contributed by atoms with E-state index in [0.717, 1.165) is 11.3 Å². The number of carbonyl (C=O) groups is 1. The Bertz CT molecular complexity index is 1640. The summed E-state index contributed by atoms with van der Waals surface area (Å²) in [5, 5.41) is 14.3. The molecule has 4 rings (SSSR count). The summed E-state index contributed by atoms with van der Waals surface area (Å²) in [4.78, 5) is 26.1. The van der Waals surface area contributed by atoms with Crippen molar-refractivity contribution in [1.82, 2.24) is 0 Å². The van der Waals surface area contributed by atoms with Crippen molar-refractivity contribution in [2.24, 2.45) is 0 Å². The number of nitrogens with one attached hydrogen (secondary N) is 3. The van der Waals surface area contributed by atoms with E-state index in [1.165, 1.54) is 24.4 Å². The predicted molar refractivity (Wildman–Crippen MR) is 154 cm³/mol. The zero-order chi connectivity index (χ0) is 28.5. The van der Waals surface area contributed by atoms with Crippen molar-refractivity contribution < 1.29 is 18.3 Å². The molecule has 0 spiro atoms. The van der Waals surface area contributed by atoms with Gasteiger partial charge in [0, 0.05) is 41.7 Å². The lowest BCUT2D eigenvalue weighted by atomic mass is 10.00. The predicted octanol–water partition coefficient (Wildman–Crippen LogP) is 7.08. The molecule has 7 nitrogen and oxygen atoms in total. The van der Waals surface area contributed by atoms with E-state index < -0.39 is 23.4 Å². The molecule has 0 bridgehead atoms. The van der Waals surface area contributed by atoms with Crippen molar-refractivity contribution in [3.05, 3.63) is 92.9 Å². The van der Waals surface area contributed by atoms with Crippen LogP contribution in [0.3, 0.4) is 0 Å². The quantitative estimate of drug-likeness (QED) is 0.175. The van der Waals surface area contributed by atoms with Crippen LogP contribution >= 0.6 is 0 Å². The maximum atomic E-state index is 14.8. The van der Waals surface area contributed by atoms with Gasteiger partial charge in [0.1, 0.15) is 28.3 Å². The molecule has 1 heterocycles. The number of anilines is 2. The number of esters is 1. The van der Waals surface area contributed by atoms with Crippen LogP contribution in [0.5, 0.6) is 0 Å². The van der Waals surface area contributed by atoms with Gasteiger partial charge in [-0.2, -0.15) is 0 Å². The fourth-order valence-electron chi connectivity index (χ4n) is 4.44. The largest absolute Gasteiger partial charge is 0.456 e. The van der Waals surface area contributed by atoms with Gasteiger partial charge in [0.25, 0.3) is 0 Å². The van der Waals surface area contributed by atoms with E-state index in [9.17, 15) is 14.0 Å². The molecule has 0 radical (unpaired) electrons. The van der Waals surface area contributed by atoms with Gasteiger partial charge in [-0.1, -0.05) is 24.3 Å². The minimum absolute atomic E-state index is 0.191. The Balaban J connectivity index is 1.81. The normalized spacial score (nSPS) is 12.2. The maximum Gasteiger partial charge on any atom is 0.343 e. The van der Waals surface area contributed by atoms with Crippen LogP contribution in [-0.4, -0.2) is 24.8 Å². The van der Waals surface area contributed by atoms with Crippen molar-refractivity contribution in [1.29, 1.82) is 5.41 Å². The fourth-order valence-corrected chi connectivity index (χ4v) is 4.44. The minimum atomic E-state index is -0.793. The number of aryl methyl sites for hydroxylation is 1. The van der Waals surface area contributed by atoms with Gasteiger partial charge >= 0.3 is 5.97 Å². The SMILES string of the molecule is CNc1cc(-c2cc(=O)c3cc(C)cc(C(C)Nc4cccc(F)c4C(=O)OC(C)(C)C)c3o2)ccc1C=N. The number of hydrogen-bond donors (Lipinski definition) is 3. The van der Waals surface area contributed by atoms with E-state index in [-0.39, 0.29) is 16.7 Å². The highest BCUT2D eigenvalue weighted by Crippen LogP contribution is 2.33. The average molecular weight is 530 g/mol. The molecule has 0 aliphatic carbocycles. The van der Waals surface area contributed by atoms with Crippen molar-refractivity contribution in [2.75, 3.05) is 17.7 Å². The van der Waals surface area contributed by atoms with Gasteiger partial charge in [0.15, 0.2) is 5.43 Å². The molecule has 0 amide bonds. The molecule has 1 atom stereocenters. The molecular weight excluding hydrogens is 497 g/mol. The van der Waals surface area contributed by atoms with Gasteiger partial charge in [0.05, 0.1) is 17.1 Å². The van der Waals surface area contributed by atoms with Crippen LogP contribution in [0.4, 0.5) is 15.8 Å². The van der Waals surface area contributed by atoms with Crippen molar-refractivity contribution in [3.63, 3.8) is 0 Å². The van der Waals surface area contributed by atoms with Gasteiger partial charge < -0.3 is 25.2 Å². The van der Waals surface area contributed by atoms with E-state index in [4.69, 9.17) is 14.6 Å². The van der Waals surface area contributed by atoms with E-state index in [0.29, 0.717) is 33.4 Å². The molecule has 4 aromatic rings. The van der Waals surface area contributed by atoms with Gasteiger partial charge in [-0.05, 0) is 64.4 Å². The number of benzene rings is 3. The molecule has 8 heteroatoms. The number of carbonyl (C=O) groups excluding carboxylic acids is 1. The minimum Gasteiger partial charge on any atom is -0.456 e. The first-order valence-corrected chi connectivity index (χ1v) is 12.6.